The summed E-state index contributed by atoms with van der Waals surface area (Å²) < 4.78 is 0. The molecule has 2 rings (SSSR count). The molecule has 1 aliphatic heterocycles. The Morgan fingerprint density at radius 1 is 1.28 bits per heavy atom. The van der Waals surface area contributed by atoms with Crippen LogP contribution in [0.15, 0.2) is 30.4 Å². The minimum absolute atomic E-state index is 0.0423. The number of amides is 3. The minimum Gasteiger partial charge on any atom is -0.320 e. The lowest BCUT2D eigenvalue weighted by Gasteiger charge is -2.24. The lowest BCUT2D eigenvalue weighted by molar-refractivity contribution is -0.384. The average molecular weight is 345 g/mol. The largest absolute Gasteiger partial charge is 0.320 e. The molecule has 1 heterocycles. The molecule has 0 aliphatic carbocycles. The summed E-state index contributed by atoms with van der Waals surface area (Å²) in [4.78, 5) is 47.2. The Labute approximate surface area is 144 Å². The summed E-state index contributed by atoms with van der Waals surface area (Å²) in [6.45, 7) is 3.55. The number of anilines is 1. The van der Waals surface area contributed by atoms with Crippen molar-refractivity contribution < 1.29 is 19.3 Å². The van der Waals surface area contributed by atoms with Crippen LogP contribution in [0, 0.1) is 17.0 Å². The Morgan fingerprint density at radius 2 is 1.92 bits per heavy atom. The number of carbonyl (C=O) groups excluding carboxylic acids is 3. The van der Waals surface area contributed by atoms with E-state index in [1.54, 1.807) is 13.0 Å². The van der Waals surface area contributed by atoms with E-state index >= 15 is 0 Å². The summed E-state index contributed by atoms with van der Waals surface area (Å²) in [5.41, 5.74) is 0.674. The van der Waals surface area contributed by atoms with E-state index < -0.39 is 10.8 Å². The monoisotopic (exact) mass is 345 g/mol. The van der Waals surface area contributed by atoms with Crippen LogP contribution in [0.4, 0.5) is 11.4 Å². The Bertz CT molecular complexity index is 739. The van der Waals surface area contributed by atoms with Gasteiger partial charge >= 0.3 is 0 Å². The van der Waals surface area contributed by atoms with Crippen LogP contribution in [-0.2, 0) is 14.4 Å². The van der Waals surface area contributed by atoms with Gasteiger partial charge in [0.2, 0.25) is 5.91 Å². The number of aryl methyl sites for hydroxylation is 1. The van der Waals surface area contributed by atoms with E-state index in [4.69, 9.17) is 0 Å². The molecule has 0 spiro atoms. The van der Waals surface area contributed by atoms with Crippen molar-refractivity contribution in [3.05, 3.63) is 46.0 Å². The van der Waals surface area contributed by atoms with Crippen LogP contribution in [0.25, 0.3) is 0 Å². The maximum atomic E-state index is 12.1. The molecule has 8 heteroatoms. The first-order valence-electron chi connectivity index (χ1n) is 7.93. The van der Waals surface area contributed by atoms with E-state index in [1.807, 2.05) is 6.92 Å². The first-order chi connectivity index (χ1) is 11.8. The molecule has 1 aliphatic rings. The molecule has 1 atom stereocenters. The van der Waals surface area contributed by atoms with E-state index in [2.05, 4.69) is 5.32 Å². The number of nitrogens with zero attached hydrogens (tertiary/aromatic N) is 2. The first-order valence-corrected chi connectivity index (χ1v) is 7.93. The summed E-state index contributed by atoms with van der Waals surface area (Å²) in [5, 5.41) is 13.6. The van der Waals surface area contributed by atoms with Crippen LogP contribution < -0.4 is 5.32 Å². The molecule has 25 heavy (non-hydrogen) atoms. The number of nitro groups is 1. The number of carbonyl (C=O) groups is 3. The highest BCUT2D eigenvalue weighted by Gasteiger charge is 2.30. The third kappa shape index (κ3) is 4.28. The average Bonchev–Trinajstić information content (AvgIpc) is 2.89. The molecule has 132 valence electrons. The maximum Gasteiger partial charge on any atom is 0.293 e. The number of hydrogen-bond donors (Lipinski definition) is 1. The highest BCUT2D eigenvalue weighted by Crippen LogP contribution is 2.26. The maximum absolute atomic E-state index is 12.1. The fourth-order valence-electron chi connectivity index (χ4n) is 2.70. The molecule has 0 radical (unpaired) electrons. The normalized spacial score (nSPS) is 14.7. The van der Waals surface area contributed by atoms with Crippen LogP contribution in [0.1, 0.15) is 31.7 Å². The van der Waals surface area contributed by atoms with Gasteiger partial charge in [-0.3, -0.25) is 29.4 Å². The summed E-state index contributed by atoms with van der Waals surface area (Å²) in [6, 6.07) is 4.16. The molecule has 1 aromatic rings. The van der Waals surface area contributed by atoms with E-state index in [-0.39, 0.29) is 35.7 Å². The Morgan fingerprint density at radius 3 is 2.48 bits per heavy atom. The van der Waals surface area contributed by atoms with Crippen molar-refractivity contribution in [2.24, 2.45) is 0 Å². The van der Waals surface area contributed by atoms with Gasteiger partial charge < -0.3 is 5.32 Å². The summed E-state index contributed by atoms with van der Waals surface area (Å²) in [6.07, 6.45) is 3.28. The molecule has 1 aromatic carbocycles. The fourth-order valence-corrected chi connectivity index (χ4v) is 2.70. The van der Waals surface area contributed by atoms with Crippen molar-refractivity contribution in [1.29, 1.82) is 0 Å². The van der Waals surface area contributed by atoms with Crippen LogP contribution in [0.3, 0.4) is 0 Å². The zero-order chi connectivity index (χ0) is 18.6. The Kier molecular flexibility index (Phi) is 5.63. The van der Waals surface area contributed by atoms with Gasteiger partial charge in [-0.2, -0.15) is 0 Å². The third-order valence-corrected chi connectivity index (χ3v) is 4.01. The third-order valence-electron chi connectivity index (χ3n) is 4.01. The molecule has 0 saturated heterocycles. The van der Waals surface area contributed by atoms with E-state index in [1.165, 1.54) is 24.3 Å². The van der Waals surface area contributed by atoms with Gasteiger partial charge in [0.25, 0.3) is 17.5 Å². The van der Waals surface area contributed by atoms with Gasteiger partial charge in [0, 0.05) is 30.7 Å². The van der Waals surface area contributed by atoms with Gasteiger partial charge in [0.1, 0.15) is 5.69 Å². The number of hydrogen-bond acceptors (Lipinski definition) is 5. The zero-order valence-corrected chi connectivity index (χ0v) is 14.0. The van der Waals surface area contributed by atoms with Crippen molar-refractivity contribution in [3.8, 4) is 0 Å². The summed E-state index contributed by atoms with van der Waals surface area (Å²) in [7, 11) is 0. The van der Waals surface area contributed by atoms with Gasteiger partial charge in [-0.15, -0.1) is 0 Å². The highest BCUT2D eigenvalue weighted by atomic mass is 16.6. The predicted octanol–water partition coefficient (Wildman–Crippen LogP) is 2.33. The second-order valence-corrected chi connectivity index (χ2v) is 5.81. The Balaban J connectivity index is 2.00. The lowest BCUT2D eigenvalue weighted by Crippen LogP contribution is -2.40. The summed E-state index contributed by atoms with van der Waals surface area (Å²) in [5.74, 6) is -1.17. The molecule has 1 N–H and O–H groups in total. The van der Waals surface area contributed by atoms with Gasteiger partial charge in [-0.05, 0) is 31.4 Å². The minimum atomic E-state index is -0.551. The van der Waals surface area contributed by atoms with E-state index in [0.717, 1.165) is 4.90 Å². The molecular formula is C17H19N3O5. The van der Waals surface area contributed by atoms with E-state index in [0.29, 0.717) is 18.4 Å². The fraction of sp³-hybridized carbons (Fsp3) is 0.353. The van der Waals surface area contributed by atoms with Crippen LogP contribution in [-0.4, -0.2) is 33.6 Å². The number of imide groups is 1. The second kappa shape index (κ2) is 7.69. The summed E-state index contributed by atoms with van der Waals surface area (Å²) >= 11 is 0. The number of nitro benzene ring substituents is 1. The molecule has 1 unspecified atom stereocenters. The van der Waals surface area contributed by atoms with Gasteiger partial charge in [0.05, 0.1) is 4.92 Å². The smallest absolute Gasteiger partial charge is 0.293 e. The topological polar surface area (TPSA) is 110 Å². The highest BCUT2D eigenvalue weighted by molar-refractivity contribution is 6.13. The zero-order valence-electron chi connectivity index (χ0n) is 14.0. The van der Waals surface area contributed by atoms with Gasteiger partial charge in [-0.25, -0.2) is 0 Å². The van der Waals surface area contributed by atoms with E-state index in [9.17, 15) is 24.5 Å². The molecule has 0 aromatic heterocycles. The van der Waals surface area contributed by atoms with Crippen LogP contribution >= 0.6 is 0 Å². The molecule has 0 bridgehead atoms. The van der Waals surface area contributed by atoms with Crippen molar-refractivity contribution in [3.63, 3.8) is 0 Å². The Hall–Kier alpha value is -3.03. The molecular weight excluding hydrogens is 326 g/mol. The quantitative estimate of drug-likeness (QED) is 0.463. The first kappa shape index (κ1) is 18.3. The van der Waals surface area contributed by atoms with Gasteiger partial charge in [0.15, 0.2) is 0 Å². The van der Waals surface area contributed by atoms with Crippen LogP contribution in [0.5, 0.6) is 0 Å². The predicted molar refractivity (Wildman–Crippen MR) is 90.8 cm³/mol. The molecule has 3 amide bonds. The second-order valence-electron chi connectivity index (χ2n) is 5.81. The van der Waals surface area contributed by atoms with Crippen molar-refractivity contribution >= 4 is 29.1 Å². The lowest BCUT2D eigenvalue weighted by atomic mass is 10.1. The number of rotatable bonds is 7. The number of nitrogens with one attached hydrogen (secondary N) is 1. The standard InChI is InChI=1S/C17H19N3O5/c1-3-12(19-16(22)8-9-17(19)23)5-7-15(21)18-13-6-4-11(2)10-14(13)20(24)25/h4,6,8-10,12H,3,5,7H2,1-2H3,(H,18,21). The SMILES string of the molecule is CCC(CCC(=O)Nc1ccc(C)cc1[N+](=O)[O-])N1C(=O)C=CC1=O. The van der Waals surface area contributed by atoms with Crippen molar-refractivity contribution in [1.82, 2.24) is 4.90 Å². The molecule has 0 fully saturated rings. The number of benzene rings is 1. The van der Waals surface area contributed by atoms with Crippen molar-refractivity contribution in [2.75, 3.05) is 5.32 Å². The van der Waals surface area contributed by atoms with Crippen LogP contribution in [0.2, 0.25) is 0 Å². The molecule has 8 nitrogen and oxygen atoms in total. The van der Waals surface area contributed by atoms with Crippen molar-refractivity contribution in [2.45, 2.75) is 39.2 Å². The van der Waals surface area contributed by atoms with Gasteiger partial charge in [-0.1, -0.05) is 13.0 Å². The molecule has 0 saturated carbocycles.